The Morgan fingerprint density at radius 3 is 3.05 bits per heavy atom. The molecule has 2 rings (SSSR count). The Morgan fingerprint density at radius 1 is 1.53 bits per heavy atom. The van der Waals surface area contributed by atoms with Gasteiger partial charge in [-0.25, -0.2) is 4.39 Å². The first-order valence-corrected chi connectivity index (χ1v) is 6.98. The monoisotopic (exact) mass is 284 g/mol. The highest BCUT2D eigenvalue weighted by Crippen LogP contribution is 2.15. The SMILES string of the molecule is O=C(NCCC1CCCNC1)c1ccc(Cl)cc1F. The summed E-state index contributed by atoms with van der Waals surface area (Å²) in [5, 5.41) is 6.38. The third-order valence-electron chi connectivity index (χ3n) is 3.41. The Balaban J connectivity index is 1.80. The predicted octanol–water partition coefficient (Wildman–Crippen LogP) is 2.60. The molecule has 2 N–H and O–H groups in total. The minimum Gasteiger partial charge on any atom is -0.352 e. The molecule has 1 aliphatic heterocycles. The van der Waals surface area contributed by atoms with Crippen LogP contribution in [-0.4, -0.2) is 25.5 Å². The summed E-state index contributed by atoms with van der Waals surface area (Å²) in [7, 11) is 0. The highest BCUT2D eigenvalue weighted by atomic mass is 35.5. The van der Waals surface area contributed by atoms with Gasteiger partial charge in [0.2, 0.25) is 0 Å². The van der Waals surface area contributed by atoms with Gasteiger partial charge in [0, 0.05) is 11.6 Å². The topological polar surface area (TPSA) is 41.1 Å². The molecule has 1 aromatic rings. The normalized spacial score (nSPS) is 19.2. The Morgan fingerprint density at radius 2 is 2.37 bits per heavy atom. The van der Waals surface area contributed by atoms with E-state index in [0.29, 0.717) is 17.5 Å². The van der Waals surface area contributed by atoms with E-state index in [2.05, 4.69) is 10.6 Å². The zero-order chi connectivity index (χ0) is 13.7. The van der Waals surface area contributed by atoms with Crippen LogP contribution in [0.3, 0.4) is 0 Å². The molecule has 19 heavy (non-hydrogen) atoms. The van der Waals surface area contributed by atoms with E-state index in [1.165, 1.54) is 25.0 Å². The van der Waals surface area contributed by atoms with Gasteiger partial charge in [0.1, 0.15) is 5.82 Å². The zero-order valence-electron chi connectivity index (χ0n) is 10.7. The summed E-state index contributed by atoms with van der Waals surface area (Å²) in [6.07, 6.45) is 3.30. The highest BCUT2D eigenvalue weighted by molar-refractivity contribution is 6.30. The third-order valence-corrected chi connectivity index (χ3v) is 3.65. The molecule has 1 atom stereocenters. The van der Waals surface area contributed by atoms with Gasteiger partial charge >= 0.3 is 0 Å². The van der Waals surface area contributed by atoms with E-state index >= 15 is 0 Å². The molecular formula is C14H18ClFN2O. The maximum absolute atomic E-state index is 13.5. The number of benzene rings is 1. The molecule has 104 valence electrons. The van der Waals surface area contributed by atoms with Crippen molar-refractivity contribution in [3.05, 3.63) is 34.6 Å². The second kappa shape index (κ2) is 6.87. The molecule has 0 radical (unpaired) electrons. The smallest absolute Gasteiger partial charge is 0.254 e. The van der Waals surface area contributed by atoms with Crippen LogP contribution in [0.2, 0.25) is 5.02 Å². The lowest BCUT2D eigenvalue weighted by Crippen LogP contribution is -2.33. The van der Waals surface area contributed by atoms with Crippen LogP contribution < -0.4 is 10.6 Å². The summed E-state index contributed by atoms with van der Waals surface area (Å²) in [6.45, 7) is 2.66. The van der Waals surface area contributed by atoms with Crippen molar-refractivity contribution in [1.82, 2.24) is 10.6 Å². The summed E-state index contributed by atoms with van der Waals surface area (Å²) in [4.78, 5) is 11.8. The minimum atomic E-state index is -0.579. The fraction of sp³-hybridized carbons (Fsp3) is 0.500. The van der Waals surface area contributed by atoms with E-state index in [-0.39, 0.29) is 11.5 Å². The number of amides is 1. The first kappa shape index (κ1) is 14.3. The van der Waals surface area contributed by atoms with Gasteiger partial charge in [-0.05, 0) is 56.5 Å². The lowest BCUT2D eigenvalue weighted by molar-refractivity contribution is 0.0946. The van der Waals surface area contributed by atoms with Crippen molar-refractivity contribution in [3.8, 4) is 0 Å². The number of hydrogen-bond acceptors (Lipinski definition) is 2. The molecule has 1 aromatic carbocycles. The molecule has 1 saturated heterocycles. The zero-order valence-corrected chi connectivity index (χ0v) is 11.5. The number of carbonyl (C=O) groups excluding carboxylic acids is 1. The number of hydrogen-bond donors (Lipinski definition) is 2. The molecular weight excluding hydrogens is 267 g/mol. The van der Waals surface area contributed by atoms with Crippen LogP contribution >= 0.6 is 11.6 Å². The summed E-state index contributed by atoms with van der Waals surface area (Å²) in [6, 6.07) is 4.08. The molecule has 0 bridgehead atoms. The van der Waals surface area contributed by atoms with Gasteiger partial charge in [-0.2, -0.15) is 0 Å². The average molecular weight is 285 g/mol. The number of rotatable bonds is 4. The maximum Gasteiger partial charge on any atom is 0.254 e. The fourth-order valence-electron chi connectivity index (χ4n) is 2.33. The molecule has 0 saturated carbocycles. The quantitative estimate of drug-likeness (QED) is 0.892. The van der Waals surface area contributed by atoms with E-state index in [9.17, 15) is 9.18 Å². The summed E-state index contributed by atoms with van der Waals surface area (Å²) >= 11 is 5.65. The Labute approximate surface area is 117 Å². The second-order valence-electron chi connectivity index (χ2n) is 4.88. The van der Waals surface area contributed by atoms with E-state index in [1.54, 1.807) is 0 Å². The number of carbonyl (C=O) groups is 1. The van der Waals surface area contributed by atoms with E-state index in [1.807, 2.05) is 0 Å². The molecule has 0 aliphatic carbocycles. The number of halogens is 2. The molecule has 0 aromatic heterocycles. The van der Waals surface area contributed by atoms with Crippen LogP contribution in [0.4, 0.5) is 4.39 Å². The van der Waals surface area contributed by atoms with Crippen molar-refractivity contribution in [2.75, 3.05) is 19.6 Å². The van der Waals surface area contributed by atoms with Gasteiger partial charge in [0.25, 0.3) is 5.91 Å². The van der Waals surface area contributed by atoms with Crippen LogP contribution in [-0.2, 0) is 0 Å². The van der Waals surface area contributed by atoms with Crippen molar-refractivity contribution in [3.63, 3.8) is 0 Å². The molecule has 1 fully saturated rings. The van der Waals surface area contributed by atoms with Crippen LogP contribution in [0.5, 0.6) is 0 Å². The molecule has 3 nitrogen and oxygen atoms in total. The van der Waals surface area contributed by atoms with Crippen molar-refractivity contribution in [2.45, 2.75) is 19.3 Å². The fourth-order valence-corrected chi connectivity index (χ4v) is 2.49. The van der Waals surface area contributed by atoms with Gasteiger partial charge in [-0.3, -0.25) is 4.79 Å². The average Bonchev–Trinajstić information content (AvgIpc) is 2.39. The lowest BCUT2D eigenvalue weighted by Gasteiger charge is -2.22. The Hall–Kier alpha value is -1.13. The molecule has 0 spiro atoms. The molecule has 1 heterocycles. The molecule has 1 unspecified atom stereocenters. The van der Waals surface area contributed by atoms with Gasteiger partial charge < -0.3 is 10.6 Å². The highest BCUT2D eigenvalue weighted by Gasteiger charge is 2.15. The maximum atomic E-state index is 13.5. The minimum absolute atomic E-state index is 0.0474. The van der Waals surface area contributed by atoms with Gasteiger partial charge in [0.05, 0.1) is 5.56 Å². The van der Waals surface area contributed by atoms with Gasteiger partial charge in [0.15, 0.2) is 0 Å². The summed E-state index contributed by atoms with van der Waals surface area (Å²) < 4.78 is 13.5. The van der Waals surface area contributed by atoms with Crippen LogP contribution in [0, 0.1) is 11.7 Å². The summed E-state index contributed by atoms with van der Waals surface area (Å²) in [5.74, 6) is -0.355. The van der Waals surface area contributed by atoms with Crippen molar-refractivity contribution in [2.24, 2.45) is 5.92 Å². The lowest BCUT2D eigenvalue weighted by atomic mass is 9.96. The standard InChI is InChI=1S/C14H18ClFN2O/c15-11-3-4-12(13(16)8-11)14(19)18-7-5-10-2-1-6-17-9-10/h3-4,8,10,17H,1-2,5-7,9H2,(H,18,19). The van der Waals surface area contributed by atoms with Crippen LogP contribution in [0.25, 0.3) is 0 Å². The molecule has 1 amide bonds. The first-order valence-electron chi connectivity index (χ1n) is 6.61. The van der Waals surface area contributed by atoms with Crippen LogP contribution in [0.1, 0.15) is 29.6 Å². The van der Waals surface area contributed by atoms with Gasteiger partial charge in [-0.15, -0.1) is 0 Å². The van der Waals surface area contributed by atoms with E-state index < -0.39 is 5.82 Å². The number of piperidine rings is 1. The first-order chi connectivity index (χ1) is 9.16. The number of nitrogens with one attached hydrogen (secondary N) is 2. The van der Waals surface area contributed by atoms with Crippen molar-refractivity contribution in [1.29, 1.82) is 0 Å². The van der Waals surface area contributed by atoms with Crippen LogP contribution in [0.15, 0.2) is 18.2 Å². The van der Waals surface area contributed by atoms with Gasteiger partial charge in [-0.1, -0.05) is 11.6 Å². The second-order valence-corrected chi connectivity index (χ2v) is 5.32. The Bertz CT molecular complexity index is 447. The molecule has 1 aliphatic rings. The summed E-state index contributed by atoms with van der Waals surface area (Å²) in [5.41, 5.74) is 0.0474. The third kappa shape index (κ3) is 4.18. The van der Waals surface area contributed by atoms with E-state index in [0.717, 1.165) is 25.6 Å². The van der Waals surface area contributed by atoms with E-state index in [4.69, 9.17) is 11.6 Å². The Kier molecular flexibility index (Phi) is 5.16. The largest absolute Gasteiger partial charge is 0.352 e. The van der Waals surface area contributed by atoms with Crippen molar-refractivity contribution >= 4 is 17.5 Å². The molecule has 5 heteroatoms. The van der Waals surface area contributed by atoms with Crippen molar-refractivity contribution < 1.29 is 9.18 Å². The predicted molar refractivity (Wildman–Crippen MR) is 74.0 cm³/mol.